The summed E-state index contributed by atoms with van der Waals surface area (Å²) in [5.41, 5.74) is 8.76. The third kappa shape index (κ3) is 9.52. The van der Waals surface area contributed by atoms with Gasteiger partial charge in [-0.2, -0.15) is 0 Å². The van der Waals surface area contributed by atoms with E-state index in [1.807, 2.05) is 0 Å². The van der Waals surface area contributed by atoms with Crippen LogP contribution in [0, 0.1) is 0 Å². The molecule has 58 heavy (non-hydrogen) atoms. The van der Waals surface area contributed by atoms with Gasteiger partial charge >= 0.3 is 0 Å². The second kappa shape index (κ2) is 20.5. The van der Waals surface area contributed by atoms with E-state index in [4.69, 9.17) is 48.2 Å². The van der Waals surface area contributed by atoms with Crippen LogP contribution in [0.25, 0.3) is 10.4 Å². The number of rotatable bonds is 14. The molecule has 5 fully saturated rings. The first kappa shape index (κ1) is 47.4. The summed E-state index contributed by atoms with van der Waals surface area (Å²) in [4.78, 5) is 2.53. The summed E-state index contributed by atoms with van der Waals surface area (Å²) in [7, 11) is 0. The van der Waals surface area contributed by atoms with E-state index in [9.17, 15) is 81.7 Å². The molecule has 0 amide bonds. The maximum absolute atomic E-state index is 11.1. The van der Waals surface area contributed by atoms with Gasteiger partial charge in [0.25, 0.3) is 0 Å². The molecule has 0 saturated carbocycles. The first-order valence-corrected chi connectivity index (χ1v) is 18.0. The van der Waals surface area contributed by atoms with Crippen molar-refractivity contribution in [1.29, 1.82) is 0 Å². The molecule has 0 aliphatic carbocycles. The van der Waals surface area contributed by atoms with Crippen molar-refractivity contribution in [2.75, 3.05) is 33.0 Å². The monoisotopic (exact) mass is 853 g/mol. The van der Waals surface area contributed by atoms with E-state index in [2.05, 4.69) is 10.0 Å². The molecule has 0 aromatic heterocycles. The molecule has 5 heterocycles. The molecule has 0 bridgehead atoms. The molecule has 5 saturated heterocycles. The van der Waals surface area contributed by atoms with Gasteiger partial charge in [0, 0.05) is 4.91 Å². The van der Waals surface area contributed by atoms with Crippen LogP contribution in [-0.2, 0) is 42.6 Å². The molecule has 0 aromatic rings. The van der Waals surface area contributed by atoms with Crippen molar-refractivity contribution in [3.8, 4) is 0 Å². The topological polar surface area (TPSA) is 456 Å². The zero-order valence-electron chi connectivity index (χ0n) is 30.1. The van der Waals surface area contributed by atoms with Gasteiger partial charge in [0.15, 0.2) is 31.5 Å². The molecular weight excluding hydrogens is 802 g/mol. The minimum absolute atomic E-state index is 0.808. The zero-order valence-corrected chi connectivity index (χ0v) is 30.1. The maximum Gasteiger partial charge on any atom is 0.187 e. The van der Waals surface area contributed by atoms with E-state index >= 15 is 0 Å². The van der Waals surface area contributed by atoms with Crippen LogP contribution in [0.2, 0.25) is 0 Å². The lowest BCUT2D eigenvalue weighted by atomic mass is 9.95. The fourth-order valence-corrected chi connectivity index (χ4v) is 7.24. The predicted octanol–water partition coefficient (Wildman–Crippen LogP) is -10.6. The molecule has 5 rings (SSSR count). The summed E-state index contributed by atoms with van der Waals surface area (Å²) in [5.74, 6) is 0. The van der Waals surface area contributed by atoms with Gasteiger partial charge in [-0.1, -0.05) is 5.11 Å². The van der Waals surface area contributed by atoms with Crippen LogP contribution in [0.4, 0.5) is 0 Å². The number of hydrogen-bond donors (Lipinski definition) is 16. The van der Waals surface area contributed by atoms with Crippen molar-refractivity contribution >= 4 is 0 Å². The second-order valence-electron chi connectivity index (χ2n) is 14.2. The van der Waals surface area contributed by atoms with Crippen LogP contribution in [0.5, 0.6) is 0 Å². The Bertz CT molecular complexity index is 1330. The van der Waals surface area contributed by atoms with Crippen molar-refractivity contribution in [1.82, 2.24) is 0 Å². The normalized spacial score (nSPS) is 51.6. The molecular formula is C30H51N3O25. The average molecular weight is 854 g/mol. The molecule has 0 radical (unpaired) electrons. The number of hydrogen-bond acceptors (Lipinski definition) is 26. The fraction of sp³-hybridized carbons (Fsp3) is 1.00. The number of azide groups is 1. The predicted molar refractivity (Wildman–Crippen MR) is 173 cm³/mol. The molecule has 25 atom stereocenters. The Labute approximate surface area is 326 Å². The molecule has 5 aliphatic rings. The Kier molecular flexibility index (Phi) is 16.7. The molecule has 28 nitrogen and oxygen atoms in total. The van der Waals surface area contributed by atoms with Crippen LogP contribution >= 0.6 is 0 Å². The first-order valence-electron chi connectivity index (χ1n) is 18.0. The van der Waals surface area contributed by atoms with Crippen LogP contribution in [-0.4, -0.2) is 268 Å². The Morgan fingerprint density at radius 1 is 0.379 bits per heavy atom. The highest BCUT2D eigenvalue weighted by atomic mass is 16.8. The Morgan fingerprint density at radius 2 is 0.655 bits per heavy atom. The Balaban J connectivity index is 1.23. The van der Waals surface area contributed by atoms with Crippen LogP contribution < -0.4 is 0 Å². The standard InChI is InChI=1S/C30H51N3O25/c31-33-32-11-6(1-34)51-27(18(45)12(11)39)56-23-8(3-36)53-29(20(47)14(23)41)58-25-10(5-38)54-30(21(48)16(25)43)57-24-9(4-37)52-28(19(46)15(24)42)55-22-7(2-35)50-26(49)17(44)13(22)40/h6-30,34-49H,1-5H2. The third-order valence-corrected chi connectivity index (χ3v) is 10.5. The Morgan fingerprint density at radius 3 is 0.966 bits per heavy atom. The molecule has 5 aliphatic heterocycles. The van der Waals surface area contributed by atoms with Gasteiger partial charge in [-0.15, -0.1) is 0 Å². The first-order chi connectivity index (χ1) is 27.6. The van der Waals surface area contributed by atoms with E-state index in [1.54, 1.807) is 0 Å². The summed E-state index contributed by atoms with van der Waals surface area (Å²) in [6.07, 6.45) is -44.2. The molecule has 28 heteroatoms. The largest absolute Gasteiger partial charge is 0.394 e. The molecule has 336 valence electrons. The van der Waals surface area contributed by atoms with Gasteiger partial charge < -0.3 is 124 Å². The summed E-state index contributed by atoms with van der Waals surface area (Å²) < 4.78 is 49.3. The van der Waals surface area contributed by atoms with Crippen LogP contribution in [0.15, 0.2) is 5.11 Å². The van der Waals surface area contributed by atoms with E-state index in [0.29, 0.717) is 0 Å². The highest BCUT2D eigenvalue weighted by Crippen LogP contribution is 2.35. The van der Waals surface area contributed by atoms with Crippen molar-refractivity contribution in [2.24, 2.45) is 5.11 Å². The number of nitrogens with zero attached hydrogens (tertiary/aromatic N) is 3. The summed E-state index contributed by atoms with van der Waals surface area (Å²) in [6.45, 7) is -4.54. The third-order valence-electron chi connectivity index (χ3n) is 10.5. The average Bonchev–Trinajstić information content (AvgIpc) is 3.22. The minimum atomic E-state index is -2.13. The fourth-order valence-electron chi connectivity index (χ4n) is 7.24. The summed E-state index contributed by atoms with van der Waals surface area (Å²) in [5, 5.41) is 170. The van der Waals surface area contributed by atoms with E-state index in [1.165, 1.54) is 0 Å². The summed E-state index contributed by atoms with van der Waals surface area (Å²) >= 11 is 0. The number of aliphatic hydroxyl groups is 16. The second-order valence-corrected chi connectivity index (χ2v) is 14.2. The molecule has 0 aromatic carbocycles. The zero-order chi connectivity index (χ0) is 42.7. The van der Waals surface area contributed by atoms with Gasteiger partial charge in [-0.3, -0.25) is 0 Å². The van der Waals surface area contributed by atoms with Gasteiger partial charge in [0.05, 0.1) is 51.3 Å². The van der Waals surface area contributed by atoms with Crippen molar-refractivity contribution < 1.29 is 124 Å². The lowest BCUT2D eigenvalue weighted by molar-refractivity contribution is -0.392. The smallest absolute Gasteiger partial charge is 0.187 e. The van der Waals surface area contributed by atoms with Gasteiger partial charge in [-0.25, -0.2) is 0 Å². The van der Waals surface area contributed by atoms with Crippen molar-refractivity contribution in [3.63, 3.8) is 0 Å². The minimum Gasteiger partial charge on any atom is -0.394 e. The quantitative estimate of drug-likeness (QED) is 0.0438. The lowest BCUT2D eigenvalue weighted by Crippen LogP contribution is -2.68. The number of aliphatic hydroxyl groups excluding tert-OH is 16. The highest BCUT2D eigenvalue weighted by molar-refractivity contribution is 4.99. The van der Waals surface area contributed by atoms with Crippen molar-refractivity contribution in [3.05, 3.63) is 10.4 Å². The highest BCUT2D eigenvalue weighted by Gasteiger charge is 2.56. The SMILES string of the molecule is [N-]=[N+]=NC1C(CO)OC(OC2C(CO)OC(OC3C(CO)OC(OC4C(CO)OC(OC5C(CO)OC(O)C(O)C5O)C(O)C4O)C(O)C3O)C(O)C2O)C(O)C1O. The van der Waals surface area contributed by atoms with Gasteiger partial charge in [0.2, 0.25) is 0 Å². The molecule has 25 unspecified atom stereocenters. The summed E-state index contributed by atoms with van der Waals surface area (Å²) in [6, 6.07) is -1.44. The molecule has 0 spiro atoms. The maximum atomic E-state index is 11.1. The van der Waals surface area contributed by atoms with E-state index in [-0.39, 0.29) is 0 Å². The Hall–Kier alpha value is -1.69. The van der Waals surface area contributed by atoms with Crippen molar-refractivity contribution in [2.45, 2.75) is 153 Å². The lowest BCUT2D eigenvalue weighted by Gasteiger charge is -2.49. The van der Waals surface area contributed by atoms with E-state index in [0.717, 1.165) is 0 Å². The van der Waals surface area contributed by atoms with Gasteiger partial charge in [-0.05, 0) is 5.53 Å². The van der Waals surface area contributed by atoms with Crippen LogP contribution in [0.3, 0.4) is 0 Å². The van der Waals surface area contributed by atoms with Crippen LogP contribution in [0.1, 0.15) is 0 Å². The van der Waals surface area contributed by atoms with E-state index < -0.39 is 187 Å². The number of ether oxygens (including phenoxy) is 9. The molecule has 16 N–H and O–H groups in total. The van der Waals surface area contributed by atoms with Gasteiger partial charge in [0.1, 0.15) is 104 Å².